The van der Waals surface area contributed by atoms with Crippen molar-refractivity contribution in [1.82, 2.24) is 15.5 Å². The Kier molecular flexibility index (Phi) is 4.68. The Hall–Kier alpha value is -1.10. The summed E-state index contributed by atoms with van der Waals surface area (Å²) in [6.45, 7) is 8.51. The smallest absolute Gasteiger partial charge is 0.246 e. The van der Waals surface area contributed by atoms with Crippen molar-refractivity contribution in [3.63, 3.8) is 0 Å². The summed E-state index contributed by atoms with van der Waals surface area (Å²) in [5.74, 6) is 0.564. The summed E-state index contributed by atoms with van der Waals surface area (Å²) in [5.41, 5.74) is -0.605. The Morgan fingerprint density at radius 2 is 1.95 bits per heavy atom. The molecule has 2 fully saturated rings. The lowest BCUT2D eigenvalue weighted by Crippen LogP contribution is -2.72. The molecule has 0 aliphatic carbocycles. The normalized spacial score (nSPS) is 26.2. The monoisotopic (exact) mass is 281 g/mol. The van der Waals surface area contributed by atoms with Crippen molar-refractivity contribution in [2.75, 3.05) is 19.6 Å². The molecule has 0 aromatic rings. The first-order chi connectivity index (χ1) is 9.51. The zero-order chi connectivity index (χ0) is 14.8. The molecule has 5 nitrogen and oxygen atoms in total. The van der Waals surface area contributed by atoms with E-state index in [4.69, 9.17) is 0 Å². The highest BCUT2D eigenvalue weighted by atomic mass is 16.2. The molecular formula is C15H27N3O2. The first-order valence-corrected chi connectivity index (χ1v) is 7.84. The Labute approximate surface area is 121 Å². The molecule has 2 amide bonds. The third-order valence-corrected chi connectivity index (χ3v) is 4.39. The summed E-state index contributed by atoms with van der Waals surface area (Å²) >= 11 is 0. The lowest BCUT2D eigenvalue weighted by molar-refractivity contribution is -0.160. The number of nitrogens with zero attached hydrogens (tertiary/aromatic N) is 1. The zero-order valence-electron chi connectivity index (χ0n) is 12.9. The second-order valence-corrected chi connectivity index (χ2v) is 6.43. The van der Waals surface area contributed by atoms with Crippen molar-refractivity contribution in [3.05, 3.63) is 0 Å². The quantitative estimate of drug-likeness (QED) is 0.804. The highest BCUT2D eigenvalue weighted by Crippen LogP contribution is 2.31. The van der Waals surface area contributed by atoms with Crippen LogP contribution >= 0.6 is 0 Å². The van der Waals surface area contributed by atoms with E-state index in [2.05, 4.69) is 31.4 Å². The predicted molar refractivity (Wildman–Crippen MR) is 78.2 cm³/mol. The first kappa shape index (κ1) is 15.3. The van der Waals surface area contributed by atoms with E-state index in [1.807, 2.05) is 4.90 Å². The van der Waals surface area contributed by atoms with E-state index in [-0.39, 0.29) is 17.9 Å². The molecule has 2 rings (SSSR count). The molecule has 114 valence electrons. The van der Waals surface area contributed by atoms with Crippen LogP contribution in [-0.2, 0) is 9.59 Å². The van der Waals surface area contributed by atoms with Gasteiger partial charge in [0.15, 0.2) is 0 Å². The maximum atomic E-state index is 12.8. The average molecular weight is 281 g/mol. The summed E-state index contributed by atoms with van der Waals surface area (Å²) in [6.07, 6.45) is 3.06. The number of piperidine rings is 1. The number of hydrogen-bond acceptors (Lipinski definition) is 3. The Bertz CT molecular complexity index is 375. The molecular weight excluding hydrogens is 254 g/mol. The topological polar surface area (TPSA) is 61.4 Å². The molecule has 0 aromatic carbocycles. The van der Waals surface area contributed by atoms with E-state index in [1.165, 1.54) is 0 Å². The number of carbonyl (C=O) groups excluding carboxylic acids is 2. The molecule has 2 heterocycles. The summed E-state index contributed by atoms with van der Waals surface area (Å²) in [6, 6.07) is -0.338. The van der Waals surface area contributed by atoms with E-state index >= 15 is 0 Å². The van der Waals surface area contributed by atoms with Gasteiger partial charge < -0.3 is 15.5 Å². The van der Waals surface area contributed by atoms with Gasteiger partial charge in [-0.3, -0.25) is 9.59 Å². The maximum absolute atomic E-state index is 12.8. The van der Waals surface area contributed by atoms with Gasteiger partial charge in [0, 0.05) is 6.54 Å². The van der Waals surface area contributed by atoms with Crippen LogP contribution in [0.3, 0.4) is 0 Å². The minimum Gasteiger partial charge on any atom is -0.342 e. The van der Waals surface area contributed by atoms with E-state index in [9.17, 15) is 9.59 Å². The molecule has 1 spiro atoms. The minimum atomic E-state index is -0.605. The van der Waals surface area contributed by atoms with Crippen LogP contribution in [0.25, 0.3) is 0 Å². The van der Waals surface area contributed by atoms with E-state index < -0.39 is 5.54 Å². The predicted octanol–water partition coefficient (Wildman–Crippen LogP) is 0.892. The average Bonchev–Trinajstić information content (AvgIpc) is 2.42. The molecule has 2 N–H and O–H groups in total. The fourth-order valence-corrected chi connectivity index (χ4v) is 3.39. The van der Waals surface area contributed by atoms with Crippen LogP contribution in [0.5, 0.6) is 0 Å². The van der Waals surface area contributed by atoms with Gasteiger partial charge in [0.1, 0.15) is 11.6 Å². The molecule has 1 unspecified atom stereocenters. The molecule has 0 bridgehead atoms. The lowest BCUT2D eigenvalue weighted by atomic mass is 9.81. The first-order valence-electron chi connectivity index (χ1n) is 7.84. The van der Waals surface area contributed by atoms with Gasteiger partial charge in [-0.2, -0.15) is 0 Å². The Morgan fingerprint density at radius 1 is 1.30 bits per heavy atom. The van der Waals surface area contributed by atoms with Crippen LogP contribution in [-0.4, -0.2) is 47.9 Å². The standard InChI is InChI=1S/C15H27N3O2/c1-4-9-18-13(19)12(10-11(2)3)17-14(20)15(18)5-7-16-8-6-15/h11-12,16H,4-10H2,1-3H3,(H,17,20). The molecule has 2 aliphatic rings. The fraction of sp³-hybridized carbons (Fsp3) is 0.867. The summed E-state index contributed by atoms with van der Waals surface area (Å²) in [5, 5.41) is 6.27. The molecule has 5 heteroatoms. The van der Waals surface area contributed by atoms with Gasteiger partial charge in [0.2, 0.25) is 11.8 Å². The molecule has 0 saturated carbocycles. The van der Waals surface area contributed by atoms with Gasteiger partial charge in [-0.25, -0.2) is 0 Å². The molecule has 1 atom stereocenters. The second-order valence-electron chi connectivity index (χ2n) is 6.43. The summed E-state index contributed by atoms with van der Waals surface area (Å²) < 4.78 is 0. The number of rotatable bonds is 4. The van der Waals surface area contributed by atoms with Gasteiger partial charge in [0.25, 0.3) is 0 Å². The number of piperazine rings is 1. The van der Waals surface area contributed by atoms with Crippen molar-refractivity contribution in [2.45, 2.75) is 58.0 Å². The van der Waals surface area contributed by atoms with E-state index in [1.54, 1.807) is 0 Å². The number of hydrogen-bond donors (Lipinski definition) is 2. The highest BCUT2D eigenvalue weighted by Gasteiger charge is 2.52. The third kappa shape index (κ3) is 2.68. The molecule has 2 saturated heterocycles. The van der Waals surface area contributed by atoms with Gasteiger partial charge in [0.05, 0.1) is 0 Å². The van der Waals surface area contributed by atoms with Crippen molar-refractivity contribution in [3.8, 4) is 0 Å². The zero-order valence-corrected chi connectivity index (χ0v) is 12.9. The summed E-state index contributed by atoms with van der Waals surface area (Å²) in [4.78, 5) is 27.3. The van der Waals surface area contributed by atoms with Gasteiger partial charge in [-0.15, -0.1) is 0 Å². The fourth-order valence-electron chi connectivity index (χ4n) is 3.39. The van der Waals surface area contributed by atoms with Crippen LogP contribution in [0.15, 0.2) is 0 Å². The maximum Gasteiger partial charge on any atom is 0.246 e. The number of amides is 2. The van der Waals surface area contributed by atoms with Crippen LogP contribution in [0, 0.1) is 5.92 Å². The van der Waals surface area contributed by atoms with Crippen LogP contribution in [0.4, 0.5) is 0 Å². The van der Waals surface area contributed by atoms with Crippen molar-refractivity contribution in [2.24, 2.45) is 5.92 Å². The Morgan fingerprint density at radius 3 is 2.50 bits per heavy atom. The highest BCUT2D eigenvalue weighted by molar-refractivity contribution is 6.00. The molecule has 0 aromatic heterocycles. The third-order valence-electron chi connectivity index (χ3n) is 4.39. The lowest BCUT2D eigenvalue weighted by Gasteiger charge is -2.50. The van der Waals surface area contributed by atoms with Crippen molar-refractivity contribution < 1.29 is 9.59 Å². The largest absolute Gasteiger partial charge is 0.342 e. The van der Waals surface area contributed by atoms with Gasteiger partial charge in [-0.05, 0) is 44.7 Å². The minimum absolute atomic E-state index is 0.0534. The van der Waals surface area contributed by atoms with E-state index in [0.29, 0.717) is 12.5 Å². The number of carbonyl (C=O) groups is 2. The van der Waals surface area contributed by atoms with Crippen molar-refractivity contribution >= 4 is 11.8 Å². The van der Waals surface area contributed by atoms with Crippen LogP contribution in [0.1, 0.15) is 46.5 Å². The van der Waals surface area contributed by atoms with Gasteiger partial charge >= 0.3 is 0 Å². The van der Waals surface area contributed by atoms with E-state index in [0.717, 1.165) is 38.8 Å². The van der Waals surface area contributed by atoms with Gasteiger partial charge in [-0.1, -0.05) is 20.8 Å². The summed E-state index contributed by atoms with van der Waals surface area (Å²) in [7, 11) is 0. The molecule has 20 heavy (non-hydrogen) atoms. The SMILES string of the molecule is CCCN1C(=O)C(CC(C)C)NC(=O)C12CCNCC2. The molecule has 2 aliphatic heterocycles. The van der Waals surface area contributed by atoms with Crippen LogP contribution < -0.4 is 10.6 Å². The van der Waals surface area contributed by atoms with Crippen molar-refractivity contribution in [1.29, 1.82) is 0 Å². The second kappa shape index (κ2) is 6.12. The molecule has 0 radical (unpaired) electrons. The number of nitrogens with one attached hydrogen (secondary N) is 2. The Balaban J connectivity index is 2.25. The van der Waals surface area contributed by atoms with Crippen LogP contribution in [0.2, 0.25) is 0 Å².